The second kappa shape index (κ2) is 10.1. The van der Waals surface area contributed by atoms with Crippen LogP contribution in [0.2, 0.25) is 0 Å². The van der Waals surface area contributed by atoms with Gasteiger partial charge in [0.15, 0.2) is 11.3 Å². The topological polar surface area (TPSA) is 52.7 Å². The van der Waals surface area contributed by atoms with Crippen LogP contribution in [-0.2, 0) is 7.05 Å². The summed E-state index contributed by atoms with van der Waals surface area (Å²) in [5.74, 6) is 6.25. The van der Waals surface area contributed by atoms with Crippen molar-refractivity contribution in [3.05, 3.63) is 58.3 Å². The Balaban J connectivity index is 1.97. The van der Waals surface area contributed by atoms with Crippen molar-refractivity contribution in [2.75, 3.05) is 0 Å². The lowest BCUT2D eigenvalue weighted by Crippen LogP contribution is -2.18. The molecule has 1 aromatic carbocycles. The summed E-state index contributed by atoms with van der Waals surface area (Å²) < 4.78 is 3.43. The molecule has 152 valence electrons. The normalized spacial score (nSPS) is 12.0. The van der Waals surface area contributed by atoms with E-state index in [-0.39, 0.29) is 11.6 Å². The number of aryl methyl sites for hydroxylation is 1. The van der Waals surface area contributed by atoms with Crippen molar-refractivity contribution >= 4 is 11.0 Å². The van der Waals surface area contributed by atoms with Crippen molar-refractivity contribution in [2.24, 2.45) is 7.05 Å². The minimum absolute atomic E-state index is 0.101. The Morgan fingerprint density at radius 1 is 1.03 bits per heavy atom. The Bertz CT molecular complexity index is 1050. The number of benzene rings is 1. The quantitative estimate of drug-likeness (QED) is 0.408. The van der Waals surface area contributed by atoms with Crippen molar-refractivity contribution < 1.29 is 0 Å². The van der Waals surface area contributed by atoms with Gasteiger partial charge in [0, 0.05) is 12.6 Å². The summed E-state index contributed by atoms with van der Waals surface area (Å²) in [6.07, 6.45) is 9.78. The van der Waals surface area contributed by atoms with E-state index in [1.807, 2.05) is 35.0 Å². The Morgan fingerprint density at radius 3 is 2.52 bits per heavy atom. The van der Waals surface area contributed by atoms with Crippen LogP contribution in [0.25, 0.3) is 11.0 Å². The Morgan fingerprint density at radius 2 is 1.79 bits per heavy atom. The molecule has 0 fully saturated rings. The predicted molar refractivity (Wildman–Crippen MR) is 118 cm³/mol. The first-order valence-corrected chi connectivity index (χ1v) is 10.7. The van der Waals surface area contributed by atoms with E-state index in [1.54, 1.807) is 13.4 Å². The third-order valence-electron chi connectivity index (χ3n) is 5.33. The molecule has 0 amide bonds. The summed E-state index contributed by atoms with van der Waals surface area (Å²) in [6, 6.07) is 9.99. The summed E-state index contributed by atoms with van der Waals surface area (Å²) in [5.41, 5.74) is 1.96. The first-order chi connectivity index (χ1) is 14.2. The highest BCUT2D eigenvalue weighted by Crippen LogP contribution is 2.24. The zero-order valence-electron chi connectivity index (χ0n) is 17.7. The smallest absolute Gasteiger partial charge is 0.265 e. The summed E-state index contributed by atoms with van der Waals surface area (Å²) in [5, 5.41) is 5.28. The van der Waals surface area contributed by atoms with Crippen molar-refractivity contribution in [3.63, 3.8) is 0 Å². The molecule has 0 N–H and O–H groups in total. The number of fused-ring (bicyclic) bond motifs is 1. The predicted octanol–water partition coefficient (Wildman–Crippen LogP) is 4.84. The number of rotatable bonds is 8. The van der Waals surface area contributed by atoms with Crippen molar-refractivity contribution in [3.8, 4) is 11.8 Å². The van der Waals surface area contributed by atoms with Gasteiger partial charge in [0.25, 0.3) is 5.56 Å². The summed E-state index contributed by atoms with van der Waals surface area (Å²) in [6.45, 7) is 4.40. The lowest BCUT2D eigenvalue weighted by atomic mass is 10.0. The Kier molecular flexibility index (Phi) is 7.24. The molecule has 5 nitrogen and oxygen atoms in total. The average molecular weight is 391 g/mol. The van der Waals surface area contributed by atoms with Crippen LogP contribution in [0.15, 0.2) is 41.5 Å². The molecule has 0 aliphatic heterocycles. The molecule has 0 bridgehead atoms. The van der Waals surface area contributed by atoms with E-state index in [0.717, 1.165) is 24.8 Å². The van der Waals surface area contributed by atoms with Gasteiger partial charge in [0.2, 0.25) is 0 Å². The zero-order valence-corrected chi connectivity index (χ0v) is 17.7. The second-order valence-electron chi connectivity index (χ2n) is 7.53. The highest BCUT2D eigenvalue weighted by Gasteiger charge is 2.20. The monoisotopic (exact) mass is 390 g/mol. The van der Waals surface area contributed by atoms with Crippen molar-refractivity contribution in [2.45, 2.75) is 64.8 Å². The van der Waals surface area contributed by atoms with Gasteiger partial charge in [-0.2, -0.15) is 5.10 Å². The van der Waals surface area contributed by atoms with Crippen molar-refractivity contribution in [1.82, 2.24) is 19.3 Å². The van der Waals surface area contributed by atoms with Gasteiger partial charge in [-0.3, -0.25) is 4.79 Å². The van der Waals surface area contributed by atoms with Gasteiger partial charge in [-0.1, -0.05) is 70.1 Å². The van der Waals surface area contributed by atoms with Gasteiger partial charge in [0.1, 0.15) is 5.39 Å². The third-order valence-corrected chi connectivity index (χ3v) is 5.33. The Hall–Kier alpha value is -2.87. The highest BCUT2D eigenvalue weighted by molar-refractivity contribution is 5.80. The summed E-state index contributed by atoms with van der Waals surface area (Å²) >= 11 is 0. The molecule has 1 unspecified atom stereocenters. The molecule has 0 saturated heterocycles. The zero-order chi connectivity index (χ0) is 20.6. The molecule has 0 saturated carbocycles. The first-order valence-electron chi connectivity index (χ1n) is 10.7. The van der Waals surface area contributed by atoms with E-state index < -0.39 is 0 Å². The van der Waals surface area contributed by atoms with Gasteiger partial charge in [-0.15, -0.1) is 0 Å². The maximum absolute atomic E-state index is 12.8. The number of hydrogen-bond donors (Lipinski definition) is 0. The molecule has 0 aliphatic carbocycles. The largest absolute Gasteiger partial charge is 0.302 e. The molecular weight excluding hydrogens is 360 g/mol. The molecule has 3 rings (SSSR count). The average Bonchev–Trinajstić information content (AvgIpc) is 3.11. The molecule has 2 heterocycles. The van der Waals surface area contributed by atoms with Gasteiger partial charge < -0.3 is 4.57 Å². The molecule has 0 radical (unpaired) electrons. The van der Waals surface area contributed by atoms with Crippen LogP contribution in [0.4, 0.5) is 0 Å². The number of unbranched alkanes of at least 4 members (excludes halogenated alkanes) is 4. The van der Waals surface area contributed by atoms with Crippen LogP contribution in [0.3, 0.4) is 0 Å². The molecule has 0 aliphatic rings. The fraction of sp³-hybridized carbons (Fsp3) is 0.458. The van der Waals surface area contributed by atoms with Crippen LogP contribution >= 0.6 is 0 Å². The summed E-state index contributed by atoms with van der Waals surface area (Å²) in [4.78, 5) is 17.4. The number of nitrogens with zero attached hydrogens (tertiary/aromatic N) is 4. The molecule has 1 atom stereocenters. The van der Waals surface area contributed by atoms with Gasteiger partial charge in [-0.25, -0.2) is 9.67 Å². The molecule has 2 aromatic heterocycles. The van der Waals surface area contributed by atoms with Crippen LogP contribution in [0.5, 0.6) is 0 Å². The number of hydrogen-bond acceptors (Lipinski definition) is 3. The van der Waals surface area contributed by atoms with E-state index >= 15 is 0 Å². The van der Waals surface area contributed by atoms with Gasteiger partial charge in [0.05, 0.1) is 12.4 Å². The van der Waals surface area contributed by atoms with Crippen LogP contribution in [0.1, 0.15) is 76.1 Å². The molecule has 5 heteroatoms. The lowest BCUT2D eigenvalue weighted by Gasteiger charge is -2.16. The van der Waals surface area contributed by atoms with E-state index in [4.69, 9.17) is 5.10 Å². The molecule has 0 spiro atoms. The maximum Gasteiger partial charge on any atom is 0.265 e. The first kappa shape index (κ1) is 20.9. The van der Waals surface area contributed by atoms with Crippen LogP contribution < -0.4 is 5.56 Å². The standard InChI is InChI=1S/C24H30N4O/c1-4-6-7-8-12-15-20(5-2)28-23-22(24(29)27(3)18-25-23)21(26-28)17-16-19-13-10-9-11-14-19/h9-11,13-14,18,20H,4-8,12,15H2,1-3H3. The molecule has 3 aromatic rings. The second-order valence-corrected chi connectivity index (χ2v) is 7.53. The molecular formula is C24H30N4O. The highest BCUT2D eigenvalue weighted by atomic mass is 16.1. The maximum atomic E-state index is 12.8. The van der Waals surface area contributed by atoms with Crippen LogP contribution in [0, 0.1) is 11.8 Å². The van der Waals surface area contributed by atoms with E-state index in [2.05, 4.69) is 30.7 Å². The van der Waals surface area contributed by atoms with E-state index in [9.17, 15) is 4.79 Å². The minimum atomic E-state index is -0.101. The lowest BCUT2D eigenvalue weighted by molar-refractivity contribution is 0.401. The van der Waals surface area contributed by atoms with E-state index in [1.165, 1.54) is 30.3 Å². The third kappa shape index (κ3) is 4.95. The molecule has 29 heavy (non-hydrogen) atoms. The van der Waals surface area contributed by atoms with Crippen molar-refractivity contribution in [1.29, 1.82) is 0 Å². The SMILES string of the molecule is CCCCCCCC(CC)n1nc(C#Cc2ccccc2)c2c(=O)n(C)cnc21. The Labute approximate surface area is 172 Å². The fourth-order valence-electron chi connectivity index (χ4n) is 3.59. The minimum Gasteiger partial charge on any atom is -0.302 e. The van der Waals surface area contributed by atoms with Gasteiger partial charge >= 0.3 is 0 Å². The van der Waals surface area contributed by atoms with Crippen LogP contribution in [-0.4, -0.2) is 19.3 Å². The summed E-state index contributed by atoms with van der Waals surface area (Å²) in [7, 11) is 1.71. The van der Waals surface area contributed by atoms with E-state index in [0.29, 0.717) is 16.7 Å². The van der Waals surface area contributed by atoms with Gasteiger partial charge in [-0.05, 0) is 30.9 Å². The number of aromatic nitrogens is 4. The fourth-order valence-corrected chi connectivity index (χ4v) is 3.59.